The average Bonchev–Trinajstić information content (AvgIpc) is 1.64. The summed E-state index contributed by atoms with van der Waals surface area (Å²) in [5, 5.41) is 249. The van der Waals surface area contributed by atoms with Crippen molar-refractivity contribution in [3.63, 3.8) is 0 Å². The summed E-state index contributed by atoms with van der Waals surface area (Å²) in [6.45, 7) is -0.378. The van der Waals surface area contributed by atoms with Gasteiger partial charge in [0, 0.05) is 80.5 Å². The van der Waals surface area contributed by atoms with Gasteiger partial charge in [-0.1, -0.05) is 0 Å². The Bertz CT molecular complexity index is 3210. The molecule has 0 radical (unpaired) electrons. The lowest BCUT2D eigenvalue weighted by molar-refractivity contribution is -0.394. The van der Waals surface area contributed by atoms with Gasteiger partial charge in [0.1, 0.15) is 153 Å². The van der Waals surface area contributed by atoms with Crippen molar-refractivity contribution >= 4 is 124 Å². The minimum atomic E-state index is -2.30. The van der Waals surface area contributed by atoms with Crippen LogP contribution in [0, 0.1) is 0 Å². The van der Waals surface area contributed by atoms with E-state index < -0.39 is 332 Å². The van der Waals surface area contributed by atoms with Crippen LogP contribution in [-0.4, -0.2) is 487 Å². The summed E-state index contributed by atoms with van der Waals surface area (Å²) in [6.07, 6.45) is -80.4. The van der Waals surface area contributed by atoms with Gasteiger partial charge in [-0.05, 0) is 0 Å². The van der Waals surface area contributed by atoms with Crippen molar-refractivity contribution in [1.82, 2.24) is 0 Å². The lowest BCUT2D eigenvalue weighted by Gasteiger charge is -2.51. The number of thioether (sulfide) groups is 7. The molecule has 33 rings (SSSR count). The van der Waals surface area contributed by atoms with Crippen LogP contribution < -0.4 is 0 Å². The Morgan fingerprint density at radius 3 is 0.516 bits per heavy atom. The van der Waals surface area contributed by atoms with E-state index in [1.54, 1.807) is 0 Å². The van der Waals surface area contributed by atoms with Gasteiger partial charge in [-0.3, -0.25) is 33.6 Å². The van der Waals surface area contributed by atoms with Gasteiger partial charge in [-0.25, -0.2) is 0 Å². The van der Waals surface area contributed by atoms with Crippen LogP contribution in [0.2, 0.25) is 0 Å². The molecule has 18 bridgehead atoms. The molecule has 40 atom stereocenters. The molecule has 2 unspecified atom stereocenters. The standard InChI is InChI=1S/C69H106O46S7/c70-31(71)1-8-116-16-24-53-38(84)45(91)62(101-24)109-54-25(17-117-9-2-32(72)73)103-64(47(93)40(54)86)111-56-27(19-119-11-4-34(76)77)105-66(49(95)42(56)88)113-58-29(21-121-13-6-36(80)81)107-68(51(97)44(58)90)115-60-23-15-99-61(60)52(98)69(100-23)114-59-30(22-122-14-7-37(82)83)106-67(50(96)43(59)89)112-57-28(20-120-12-5-35(78)79)104-65(48(94)41(57)87)110-55-26(18-118-10-3-33(74)75)102-63(108-53)46(92)39(55)85/h23-30,38-69,84-98H,1-22H2,(H,70,71)(H,72,73)(H,74,75)(H,76,77)(H,78,79)(H,80,81)(H,82,83)/t23?,24-,25-,26-,27-,28-,29-,30-,38-,39-,40-,41-,42-,43-,44-,45-,46-,47-,48-,49-,50-,51-,52-,53-,54-,55-,56-,57-,58-,59-,60-,61?,62-,63-,64-,65-,66-,67-,68-,69-/m1/s1. The first-order valence-corrected chi connectivity index (χ1v) is 47.0. The summed E-state index contributed by atoms with van der Waals surface area (Å²) in [5.41, 5.74) is 0. The normalized spacial score (nSPS) is 43.3. The molecule has 0 spiro atoms. The van der Waals surface area contributed by atoms with Gasteiger partial charge in [-0.2, -0.15) is 82.3 Å². The second kappa shape index (κ2) is 48.0. The first-order valence-electron chi connectivity index (χ1n) is 38.9. The van der Waals surface area contributed by atoms with Crippen LogP contribution in [0.25, 0.3) is 0 Å². The number of rotatable bonds is 35. The monoisotopic (exact) mass is 1890 g/mol. The number of hydrogen-bond acceptors (Lipinski definition) is 46. The summed E-state index contributed by atoms with van der Waals surface area (Å²) >= 11 is 6.43. The number of aliphatic carboxylic acids is 7. The molecule has 700 valence electrons. The molecular formula is C69H106O46S7. The van der Waals surface area contributed by atoms with E-state index in [4.69, 9.17) is 80.5 Å². The zero-order valence-corrected chi connectivity index (χ0v) is 70.4. The molecule has 0 aromatic rings. The molecule has 33 aliphatic rings. The van der Waals surface area contributed by atoms with E-state index in [-0.39, 0.29) is 87.1 Å². The smallest absolute Gasteiger partial charge is 0.304 e. The molecule has 122 heavy (non-hydrogen) atoms. The highest BCUT2D eigenvalue weighted by molar-refractivity contribution is 8.00. The van der Waals surface area contributed by atoms with Crippen LogP contribution in [0.5, 0.6) is 0 Å². The largest absolute Gasteiger partial charge is 0.481 e. The van der Waals surface area contributed by atoms with Gasteiger partial charge in [0.2, 0.25) is 0 Å². The fourth-order valence-corrected chi connectivity index (χ4v) is 21.6. The SMILES string of the molecule is O=C(O)CCSC[C@H]1O[C@@H]2O[C@@H]3C4COC3[C@@H](O)[C@H](O4)O[C@H]3[C@H](O)[C@@H](O)[C@@H](O[C@H]4[C@H](O)[C@@H](O)[C@@H](O[C@H]5[C@H](O)[C@@H](O)[C@@H](O[C@H]6[C@H](O)[C@@H](O)[C@@H](O[C@H]7[C@H](O)[C@@H](O)[C@@H](O[C@H]8[C@H](O)[C@@H](O)[C@@H](O[C@H]1[C@H](O)[C@H]2O)O[C@@H]8CSCCC(=O)O)O[C@@H]7CSCCC(=O)O)O[C@@H]6CSCCC(=O)O)O[C@@H]5CSCCC(=O)O)O[C@@H]4CSCCC(=O)O)O[C@@H]3CSCCC(=O)O. The maximum atomic E-state index is 12.3. The summed E-state index contributed by atoms with van der Waals surface area (Å²) < 4.78 is 106. The van der Waals surface area contributed by atoms with E-state index in [0.29, 0.717) is 0 Å². The Balaban J connectivity index is 1.01. The minimum Gasteiger partial charge on any atom is -0.481 e. The van der Waals surface area contributed by atoms with E-state index >= 15 is 0 Å². The van der Waals surface area contributed by atoms with Gasteiger partial charge in [-0.15, -0.1) is 0 Å². The first kappa shape index (κ1) is 102. The maximum Gasteiger partial charge on any atom is 0.304 e. The Kier molecular flexibility index (Phi) is 40.0. The van der Waals surface area contributed by atoms with Crippen LogP contribution in [0.4, 0.5) is 0 Å². The molecule has 33 fully saturated rings. The number of carbonyl (C=O) groups is 7. The van der Waals surface area contributed by atoms with Crippen molar-refractivity contribution in [3.05, 3.63) is 0 Å². The maximum absolute atomic E-state index is 12.3. The van der Waals surface area contributed by atoms with E-state index in [0.717, 1.165) is 82.3 Å². The third-order valence-corrected chi connectivity index (χ3v) is 28.5. The quantitative estimate of drug-likeness (QED) is 0.0262. The molecule has 33 aliphatic heterocycles. The van der Waals surface area contributed by atoms with E-state index in [9.17, 15) is 146 Å². The summed E-state index contributed by atoms with van der Waals surface area (Å²) in [6, 6.07) is 0. The van der Waals surface area contributed by atoms with E-state index in [1.807, 2.05) is 0 Å². The summed E-state index contributed by atoms with van der Waals surface area (Å²) in [5.74, 6) is -11.7. The van der Waals surface area contributed by atoms with Crippen molar-refractivity contribution in [1.29, 1.82) is 0 Å². The summed E-state index contributed by atoms with van der Waals surface area (Å²) in [4.78, 5) is 82.2. The lowest BCUT2D eigenvalue weighted by atomic mass is 9.95. The molecular weight excluding hydrogens is 1790 g/mol. The molecule has 46 nitrogen and oxygen atoms in total. The zero-order valence-electron chi connectivity index (χ0n) is 64.6. The zero-order chi connectivity index (χ0) is 88.7. The van der Waals surface area contributed by atoms with Crippen LogP contribution in [0.15, 0.2) is 0 Å². The van der Waals surface area contributed by atoms with Crippen LogP contribution >= 0.6 is 82.3 Å². The highest BCUT2D eigenvalue weighted by Gasteiger charge is 2.62. The molecule has 33 saturated heterocycles. The number of carboxylic acid groups (broad SMARTS) is 7. The van der Waals surface area contributed by atoms with Gasteiger partial charge in [0.05, 0.1) is 94.3 Å². The van der Waals surface area contributed by atoms with E-state index in [1.165, 1.54) is 0 Å². The van der Waals surface area contributed by atoms with Gasteiger partial charge >= 0.3 is 41.8 Å². The van der Waals surface area contributed by atoms with Crippen LogP contribution in [0.3, 0.4) is 0 Å². The average molecular weight is 1900 g/mol. The first-order chi connectivity index (χ1) is 58.0. The Morgan fingerprint density at radius 2 is 0.352 bits per heavy atom. The predicted molar refractivity (Wildman–Crippen MR) is 415 cm³/mol. The van der Waals surface area contributed by atoms with Crippen molar-refractivity contribution in [2.75, 3.05) is 87.1 Å². The Labute approximate surface area is 724 Å². The minimum absolute atomic E-state index is 0.0859. The topological polar surface area (TPSA) is 721 Å². The van der Waals surface area contributed by atoms with Crippen LogP contribution in [-0.2, 0) is 114 Å². The van der Waals surface area contributed by atoms with E-state index in [2.05, 4.69) is 0 Å². The van der Waals surface area contributed by atoms with Gasteiger partial charge in [0.15, 0.2) is 50.3 Å². The molecule has 0 aliphatic carbocycles. The molecule has 33 heterocycles. The van der Waals surface area contributed by atoms with Gasteiger partial charge in [0.25, 0.3) is 0 Å². The highest BCUT2D eigenvalue weighted by atomic mass is 32.2. The van der Waals surface area contributed by atoms with Crippen molar-refractivity contribution < 1.29 is 226 Å². The lowest BCUT2D eigenvalue weighted by Crippen LogP contribution is -2.68. The number of aliphatic hydroxyl groups excluding tert-OH is 15. The van der Waals surface area contributed by atoms with Crippen LogP contribution in [0.1, 0.15) is 44.9 Å². The fourth-order valence-electron chi connectivity index (χ4n) is 14.7. The van der Waals surface area contributed by atoms with Crippen molar-refractivity contribution in [2.24, 2.45) is 0 Å². The number of carboxylic acids is 7. The Hall–Kier alpha value is -2.54. The van der Waals surface area contributed by atoms with Gasteiger partial charge < -0.3 is 193 Å². The fraction of sp³-hybridized carbons (Fsp3) is 0.899. The third kappa shape index (κ3) is 26.9. The van der Waals surface area contributed by atoms with Crippen molar-refractivity contribution in [2.45, 2.75) is 291 Å². The third-order valence-electron chi connectivity index (χ3n) is 21.1. The molecule has 22 N–H and O–H groups in total. The number of aliphatic hydroxyl groups is 15. The summed E-state index contributed by atoms with van der Waals surface area (Å²) in [7, 11) is 0. The molecule has 0 saturated carbocycles. The number of hydrogen-bond donors (Lipinski definition) is 22. The molecule has 0 aromatic heterocycles. The predicted octanol–water partition coefficient (Wildman–Crippen LogP) is -7.85. The second-order valence-electron chi connectivity index (χ2n) is 29.8. The molecule has 53 heteroatoms. The highest BCUT2D eigenvalue weighted by Crippen LogP contribution is 2.44. The second-order valence-corrected chi connectivity index (χ2v) is 37.9. The van der Waals surface area contributed by atoms with Crippen molar-refractivity contribution in [3.8, 4) is 0 Å². The molecule has 0 aromatic carbocycles. The number of ether oxygens (including phenoxy) is 17. The Morgan fingerprint density at radius 1 is 0.197 bits per heavy atom. The molecule has 0 amide bonds.